The minimum absolute atomic E-state index is 0.155. The first-order valence-electron chi connectivity index (χ1n) is 6.14. The standard InChI is InChI=1S/C14H12ClN3O/c1-2-11-17-10-6-3-5-9(15)13(10)14(19)18(11)12-7-4-8-16-12/h3-7H,2,8H2,1H3. The molecule has 0 radical (unpaired) electrons. The monoisotopic (exact) mass is 273 g/mol. The number of halogens is 1. The summed E-state index contributed by atoms with van der Waals surface area (Å²) >= 11 is 6.13. The molecular formula is C14H12ClN3O. The summed E-state index contributed by atoms with van der Waals surface area (Å²) < 4.78 is 1.55. The highest BCUT2D eigenvalue weighted by Gasteiger charge is 2.15. The fourth-order valence-electron chi connectivity index (χ4n) is 2.21. The van der Waals surface area contributed by atoms with Gasteiger partial charge < -0.3 is 0 Å². The van der Waals surface area contributed by atoms with Crippen LogP contribution in [0.2, 0.25) is 5.02 Å². The first-order valence-corrected chi connectivity index (χ1v) is 6.51. The van der Waals surface area contributed by atoms with Crippen molar-refractivity contribution >= 4 is 28.3 Å². The normalized spacial score (nSPS) is 14.1. The van der Waals surface area contributed by atoms with Gasteiger partial charge in [-0.1, -0.05) is 30.7 Å². The van der Waals surface area contributed by atoms with Crippen molar-refractivity contribution in [3.63, 3.8) is 0 Å². The Morgan fingerprint density at radius 3 is 2.95 bits per heavy atom. The lowest BCUT2D eigenvalue weighted by atomic mass is 10.2. The van der Waals surface area contributed by atoms with Crippen molar-refractivity contribution in [1.82, 2.24) is 9.55 Å². The predicted molar refractivity (Wildman–Crippen MR) is 77.2 cm³/mol. The Morgan fingerprint density at radius 1 is 1.42 bits per heavy atom. The Balaban J connectivity index is 2.43. The van der Waals surface area contributed by atoms with Gasteiger partial charge in [0.05, 0.1) is 22.5 Å². The summed E-state index contributed by atoms with van der Waals surface area (Å²) in [6.45, 7) is 2.57. The van der Waals surface area contributed by atoms with E-state index in [4.69, 9.17) is 11.6 Å². The molecule has 0 unspecified atom stereocenters. The van der Waals surface area contributed by atoms with Gasteiger partial charge in [0.15, 0.2) is 0 Å². The first kappa shape index (κ1) is 12.1. The predicted octanol–water partition coefficient (Wildman–Crippen LogP) is 2.43. The SMILES string of the molecule is CCc1nc2cccc(Cl)c2c(=O)n1C1=NCC=C1. The highest BCUT2D eigenvalue weighted by molar-refractivity contribution is 6.35. The topological polar surface area (TPSA) is 47.2 Å². The molecule has 4 nitrogen and oxygen atoms in total. The lowest BCUT2D eigenvalue weighted by Gasteiger charge is -2.11. The van der Waals surface area contributed by atoms with E-state index >= 15 is 0 Å². The van der Waals surface area contributed by atoms with Crippen LogP contribution >= 0.6 is 11.6 Å². The minimum atomic E-state index is -0.155. The molecule has 0 saturated carbocycles. The quantitative estimate of drug-likeness (QED) is 0.801. The van der Waals surface area contributed by atoms with Crippen LogP contribution in [0.3, 0.4) is 0 Å². The van der Waals surface area contributed by atoms with Gasteiger partial charge in [0.25, 0.3) is 5.56 Å². The Hall–Kier alpha value is -1.94. The molecule has 2 heterocycles. The minimum Gasteiger partial charge on any atom is -0.268 e. The molecule has 1 aromatic carbocycles. The number of benzene rings is 1. The summed E-state index contributed by atoms with van der Waals surface area (Å²) in [6, 6.07) is 5.31. The van der Waals surface area contributed by atoms with E-state index in [1.165, 1.54) is 0 Å². The highest BCUT2D eigenvalue weighted by atomic mass is 35.5. The van der Waals surface area contributed by atoms with Crippen molar-refractivity contribution in [2.75, 3.05) is 6.54 Å². The zero-order valence-electron chi connectivity index (χ0n) is 10.4. The van der Waals surface area contributed by atoms with Gasteiger partial charge in [-0.2, -0.15) is 0 Å². The third-order valence-corrected chi connectivity index (χ3v) is 3.40. The van der Waals surface area contributed by atoms with Crippen LogP contribution in [-0.2, 0) is 6.42 Å². The summed E-state index contributed by atoms with van der Waals surface area (Å²) in [7, 11) is 0. The van der Waals surface area contributed by atoms with Crippen molar-refractivity contribution < 1.29 is 0 Å². The average Bonchev–Trinajstić information content (AvgIpc) is 2.91. The molecule has 2 aromatic rings. The second kappa shape index (κ2) is 4.63. The number of nitrogens with zero attached hydrogens (tertiary/aromatic N) is 3. The maximum atomic E-state index is 12.6. The van der Waals surface area contributed by atoms with Gasteiger partial charge in [-0.15, -0.1) is 0 Å². The molecule has 0 atom stereocenters. The van der Waals surface area contributed by atoms with E-state index in [9.17, 15) is 4.79 Å². The number of aromatic nitrogens is 2. The molecule has 96 valence electrons. The van der Waals surface area contributed by atoms with Gasteiger partial charge in [0, 0.05) is 6.42 Å². The number of allylic oxidation sites excluding steroid dienone is 1. The third-order valence-electron chi connectivity index (χ3n) is 3.09. The maximum absolute atomic E-state index is 12.6. The number of aryl methyl sites for hydroxylation is 1. The first-order chi connectivity index (χ1) is 9.22. The molecule has 0 aliphatic carbocycles. The zero-order valence-corrected chi connectivity index (χ0v) is 11.2. The van der Waals surface area contributed by atoms with Crippen molar-refractivity contribution in [1.29, 1.82) is 0 Å². The number of hydrogen-bond donors (Lipinski definition) is 0. The molecule has 1 aliphatic heterocycles. The molecule has 0 amide bonds. The summed E-state index contributed by atoms with van der Waals surface area (Å²) in [5, 5.41) is 0.873. The Labute approximate surface area is 115 Å². The van der Waals surface area contributed by atoms with Crippen molar-refractivity contribution in [2.45, 2.75) is 13.3 Å². The molecule has 0 fully saturated rings. The highest BCUT2D eigenvalue weighted by Crippen LogP contribution is 2.19. The van der Waals surface area contributed by atoms with E-state index in [1.807, 2.05) is 19.1 Å². The summed E-state index contributed by atoms with van der Waals surface area (Å²) in [4.78, 5) is 21.5. The molecule has 1 aliphatic rings. The van der Waals surface area contributed by atoms with Gasteiger partial charge in [-0.25, -0.2) is 9.55 Å². The van der Waals surface area contributed by atoms with Crippen molar-refractivity contribution in [3.05, 3.63) is 51.6 Å². The van der Waals surface area contributed by atoms with Crippen LogP contribution in [0.25, 0.3) is 10.9 Å². The van der Waals surface area contributed by atoms with Crippen LogP contribution in [0.5, 0.6) is 0 Å². The van der Waals surface area contributed by atoms with Crippen molar-refractivity contribution in [3.8, 4) is 0 Å². The molecule has 3 rings (SSSR count). The summed E-state index contributed by atoms with van der Waals surface area (Å²) in [6.07, 6.45) is 4.41. The second-order valence-corrected chi connectivity index (χ2v) is 4.66. The lowest BCUT2D eigenvalue weighted by molar-refractivity contribution is 0.867. The summed E-state index contributed by atoms with van der Waals surface area (Å²) in [5.74, 6) is 1.33. The molecular weight excluding hydrogens is 262 g/mol. The zero-order chi connectivity index (χ0) is 13.4. The van der Waals surface area contributed by atoms with E-state index < -0.39 is 0 Å². The fourth-order valence-corrected chi connectivity index (χ4v) is 2.46. The summed E-state index contributed by atoms with van der Waals surface area (Å²) in [5.41, 5.74) is 0.478. The molecule has 1 aromatic heterocycles. The number of aliphatic imine (C=N–C) groups is 1. The average molecular weight is 274 g/mol. The van der Waals surface area contributed by atoms with Crippen LogP contribution in [0, 0.1) is 0 Å². The van der Waals surface area contributed by atoms with Crippen LogP contribution in [0.1, 0.15) is 12.7 Å². The van der Waals surface area contributed by atoms with E-state index in [2.05, 4.69) is 9.98 Å². The van der Waals surface area contributed by atoms with Crippen molar-refractivity contribution in [2.24, 2.45) is 4.99 Å². The van der Waals surface area contributed by atoms with E-state index in [0.717, 1.165) is 0 Å². The van der Waals surface area contributed by atoms with Gasteiger partial charge in [-0.3, -0.25) is 9.79 Å². The second-order valence-electron chi connectivity index (χ2n) is 4.26. The van der Waals surface area contributed by atoms with Gasteiger partial charge in [-0.05, 0) is 18.2 Å². The third kappa shape index (κ3) is 1.88. The molecule has 5 heteroatoms. The van der Waals surface area contributed by atoms with Gasteiger partial charge in [0.1, 0.15) is 11.7 Å². The van der Waals surface area contributed by atoms with E-state index in [0.29, 0.717) is 40.6 Å². The van der Waals surface area contributed by atoms with Crippen LogP contribution in [0.4, 0.5) is 0 Å². The van der Waals surface area contributed by atoms with Gasteiger partial charge in [0.2, 0.25) is 0 Å². The van der Waals surface area contributed by atoms with Crippen LogP contribution in [0.15, 0.2) is 40.1 Å². The molecule has 0 bridgehead atoms. The largest absolute Gasteiger partial charge is 0.268 e. The smallest absolute Gasteiger partial charge is 0.268 e. The number of rotatable bonds is 1. The maximum Gasteiger partial charge on any atom is 0.268 e. The Morgan fingerprint density at radius 2 is 2.26 bits per heavy atom. The lowest BCUT2D eigenvalue weighted by Crippen LogP contribution is -2.30. The Kier molecular flexibility index (Phi) is 2.95. The van der Waals surface area contributed by atoms with Crippen LogP contribution < -0.4 is 5.56 Å². The number of hydrogen-bond acceptors (Lipinski definition) is 3. The molecule has 0 N–H and O–H groups in total. The van der Waals surface area contributed by atoms with Crippen LogP contribution in [-0.4, -0.2) is 21.9 Å². The van der Waals surface area contributed by atoms with E-state index in [-0.39, 0.29) is 5.56 Å². The van der Waals surface area contributed by atoms with E-state index in [1.54, 1.807) is 22.8 Å². The number of fused-ring (bicyclic) bond motifs is 1. The fraction of sp³-hybridized carbons (Fsp3) is 0.214. The molecule has 0 saturated heterocycles. The Bertz CT molecular complexity index is 774. The molecule has 19 heavy (non-hydrogen) atoms. The molecule has 0 spiro atoms. The van der Waals surface area contributed by atoms with Gasteiger partial charge >= 0.3 is 0 Å².